The molecule has 1 N–H and O–H groups in total. The van der Waals surface area contributed by atoms with E-state index >= 15 is 0 Å². The van der Waals surface area contributed by atoms with Crippen LogP contribution in [0.2, 0.25) is 5.02 Å². The van der Waals surface area contributed by atoms with Gasteiger partial charge in [0.25, 0.3) is 0 Å². The first-order valence-electron chi connectivity index (χ1n) is 10.4. The first-order valence-corrected chi connectivity index (χ1v) is 11.8. The van der Waals surface area contributed by atoms with Crippen molar-refractivity contribution in [3.63, 3.8) is 0 Å². The number of nitrogens with zero attached hydrogens (tertiary/aromatic N) is 3. The number of carbonyl (C=O) groups excluding carboxylic acids is 1. The highest BCUT2D eigenvalue weighted by atomic mass is 35.5. The SMILES string of the molecule is C=CCn1c(COc2ccc(Cl)cc2C)nnc1SCC(=O)NC1CCCCCC1. The molecule has 162 valence electrons. The van der Waals surface area contributed by atoms with Gasteiger partial charge in [0.05, 0.1) is 5.75 Å². The van der Waals surface area contributed by atoms with E-state index in [1.54, 1.807) is 12.1 Å². The van der Waals surface area contributed by atoms with E-state index in [2.05, 4.69) is 22.1 Å². The zero-order valence-electron chi connectivity index (χ0n) is 17.4. The van der Waals surface area contributed by atoms with E-state index in [1.165, 1.54) is 37.4 Å². The number of ether oxygens (including phenoxy) is 1. The second-order valence-corrected chi connectivity index (χ2v) is 8.92. The van der Waals surface area contributed by atoms with Crippen LogP contribution in [0.1, 0.15) is 49.9 Å². The Balaban J connectivity index is 1.57. The van der Waals surface area contributed by atoms with Crippen LogP contribution in [-0.2, 0) is 17.9 Å². The van der Waals surface area contributed by atoms with Crippen molar-refractivity contribution in [1.29, 1.82) is 0 Å². The quantitative estimate of drug-likeness (QED) is 0.334. The molecule has 1 fully saturated rings. The van der Waals surface area contributed by atoms with Gasteiger partial charge in [0.1, 0.15) is 12.4 Å². The molecule has 0 atom stereocenters. The Morgan fingerprint density at radius 1 is 1.33 bits per heavy atom. The average molecular weight is 449 g/mol. The smallest absolute Gasteiger partial charge is 0.230 e. The first kappa shape index (κ1) is 22.7. The molecule has 3 rings (SSSR count). The van der Waals surface area contributed by atoms with Crippen LogP contribution in [0, 0.1) is 6.92 Å². The van der Waals surface area contributed by atoms with Crippen molar-refractivity contribution in [2.75, 3.05) is 5.75 Å². The molecule has 1 aliphatic carbocycles. The fraction of sp³-hybridized carbons (Fsp3) is 0.500. The third-order valence-electron chi connectivity index (χ3n) is 5.15. The van der Waals surface area contributed by atoms with Gasteiger partial charge in [-0.05, 0) is 43.5 Å². The average Bonchev–Trinajstić information content (AvgIpc) is 2.91. The van der Waals surface area contributed by atoms with Crippen molar-refractivity contribution >= 4 is 29.3 Å². The molecule has 0 aliphatic heterocycles. The topological polar surface area (TPSA) is 69.0 Å². The molecule has 0 radical (unpaired) electrons. The van der Waals surface area contributed by atoms with Crippen LogP contribution in [-0.4, -0.2) is 32.5 Å². The molecule has 0 saturated heterocycles. The maximum Gasteiger partial charge on any atom is 0.230 e. The highest BCUT2D eigenvalue weighted by Gasteiger charge is 2.17. The number of allylic oxidation sites excluding steroid dienone is 1. The van der Waals surface area contributed by atoms with Crippen LogP contribution in [0.4, 0.5) is 0 Å². The van der Waals surface area contributed by atoms with Gasteiger partial charge in [0, 0.05) is 17.6 Å². The van der Waals surface area contributed by atoms with Crippen LogP contribution >= 0.6 is 23.4 Å². The molecule has 6 nitrogen and oxygen atoms in total. The zero-order valence-corrected chi connectivity index (χ0v) is 19.0. The van der Waals surface area contributed by atoms with Crippen LogP contribution in [0.5, 0.6) is 5.75 Å². The Bertz CT molecular complexity index is 863. The molecule has 1 aromatic heterocycles. The molecule has 1 saturated carbocycles. The van der Waals surface area contributed by atoms with Crippen molar-refractivity contribution < 1.29 is 9.53 Å². The maximum absolute atomic E-state index is 12.4. The van der Waals surface area contributed by atoms with Crippen molar-refractivity contribution in [2.24, 2.45) is 0 Å². The summed E-state index contributed by atoms with van der Waals surface area (Å²) in [6, 6.07) is 5.81. The van der Waals surface area contributed by atoms with Crippen molar-refractivity contribution in [3.8, 4) is 5.75 Å². The largest absolute Gasteiger partial charge is 0.485 e. The summed E-state index contributed by atoms with van der Waals surface area (Å²) in [5.74, 6) is 1.82. The second kappa shape index (κ2) is 11.4. The minimum Gasteiger partial charge on any atom is -0.485 e. The lowest BCUT2D eigenvalue weighted by atomic mass is 10.1. The van der Waals surface area contributed by atoms with Gasteiger partial charge in [-0.25, -0.2) is 0 Å². The van der Waals surface area contributed by atoms with Gasteiger partial charge in [-0.3, -0.25) is 9.36 Å². The predicted molar refractivity (Wildman–Crippen MR) is 121 cm³/mol. The van der Waals surface area contributed by atoms with Gasteiger partial charge in [-0.15, -0.1) is 16.8 Å². The lowest BCUT2D eigenvalue weighted by Gasteiger charge is -2.16. The molecular formula is C22H29ClN4O2S. The van der Waals surface area contributed by atoms with E-state index in [0.717, 1.165) is 24.2 Å². The van der Waals surface area contributed by atoms with E-state index in [4.69, 9.17) is 16.3 Å². The number of rotatable bonds is 9. The van der Waals surface area contributed by atoms with Gasteiger partial charge in [-0.1, -0.05) is 55.1 Å². The van der Waals surface area contributed by atoms with Gasteiger partial charge in [0.2, 0.25) is 5.91 Å². The van der Waals surface area contributed by atoms with E-state index in [9.17, 15) is 4.79 Å². The third kappa shape index (κ3) is 6.51. The van der Waals surface area contributed by atoms with E-state index < -0.39 is 0 Å². The number of thioether (sulfide) groups is 1. The summed E-state index contributed by atoms with van der Waals surface area (Å²) < 4.78 is 7.84. The summed E-state index contributed by atoms with van der Waals surface area (Å²) in [5.41, 5.74) is 0.960. The molecule has 1 amide bonds. The predicted octanol–water partition coefficient (Wildman–Crippen LogP) is 4.94. The van der Waals surface area contributed by atoms with E-state index in [0.29, 0.717) is 34.3 Å². The van der Waals surface area contributed by atoms with Crippen LogP contribution in [0.3, 0.4) is 0 Å². The number of amides is 1. The number of carbonyl (C=O) groups is 1. The monoisotopic (exact) mass is 448 g/mol. The lowest BCUT2D eigenvalue weighted by Crippen LogP contribution is -2.35. The Kier molecular flexibility index (Phi) is 8.63. The third-order valence-corrected chi connectivity index (χ3v) is 6.35. The second-order valence-electron chi connectivity index (χ2n) is 7.54. The van der Waals surface area contributed by atoms with Gasteiger partial charge >= 0.3 is 0 Å². The number of nitrogens with one attached hydrogen (secondary N) is 1. The summed E-state index contributed by atoms with van der Waals surface area (Å²) in [6.45, 7) is 6.60. The van der Waals surface area contributed by atoms with Crippen molar-refractivity contribution in [1.82, 2.24) is 20.1 Å². The first-order chi connectivity index (χ1) is 14.6. The van der Waals surface area contributed by atoms with Crippen molar-refractivity contribution in [3.05, 3.63) is 47.3 Å². The zero-order chi connectivity index (χ0) is 21.3. The molecule has 0 bridgehead atoms. The number of halogens is 1. The molecule has 1 aromatic carbocycles. The summed E-state index contributed by atoms with van der Waals surface area (Å²) in [4.78, 5) is 12.4. The van der Waals surface area contributed by atoms with E-state index in [1.807, 2.05) is 23.6 Å². The fourth-order valence-electron chi connectivity index (χ4n) is 3.59. The summed E-state index contributed by atoms with van der Waals surface area (Å²) in [6.07, 6.45) is 8.88. The van der Waals surface area contributed by atoms with Gasteiger partial charge < -0.3 is 10.1 Å². The summed E-state index contributed by atoms with van der Waals surface area (Å²) in [7, 11) is 0. The number of hydrogen-bond acceptors (Lipinski definition) is 5. The van der Waals surface area contributed by atoms with Crippen LogP contribution in [0.15, 0.2) is 36.0 Å². The normalized spacial score (nSPS) is 14.9. The Morgan fingerprint density at radius 2 is 2.10 bits per heavy atom. The number of hydrogen-bond donors (Lipinski definition) is 1. The standard InChI is InChI=1S/C22H29ClN4O2S/c1-3-12-27-20(14-29-19-11-10-17(23)13-16(19)2)25-26-22(27)30-15-21(28)24-18-8-6-4-5-7-9-18/h3,10-11,13,18H,1,4-9,12,14-15H2,2H3,(H,24,28). The fourth-order valence-corrected chi connectivity index (χ4v) is 4.59. The Hall–Kier alpha value is -1.99. The maximum atomic E-state index is 12.4. The number of benzene rings is 1. The minimum atomic E-state index is 0.0506. The molecule has 1 heterocycles. The van der Waals surface area contributed by atoms with Gasteiger partial charge in [0.15, 0.2) is 11.0 Å². The number of aryl methyl sites for hydroxylation is 1. The molecule has 8 heteroatoms. The molecular weight excluding hydrogens is 420 g/mol. The molecule has 0 unspecified atom stereocenters. The summed E-state index contributed by atoms with van der Waals surface area (Å²) in [5, 5.41) is 13.1. The van der Waals surface area contributed by atoms with Crippen LogP contribution < -0.4 is 10.1 Å². The van der Waals surface area contributed by atoms with Crippen LogP contribution in [0.25, 0.3) is 0 Å². The molecule has 2 aromatic rings. The summed E-state index contributed by atoms with van der Waals surface area (Å²) >= 11 is 7.40. The molecule has 1 aliphatic rings. The Labute approximate surface area is 187 Å². The highest BCUT2D eigenvalue weighted by Crippen LogP contribution is 2.24. The van der Waals surface area contributed by atoms with Gasteiger partial charge in [-0.2, -0.15) is 0 Å². The Morgan fingerprint density at radius 3 is 2.80 bits per heavy atom. The lowest BCUT2D eigenvalue weighted by molar-refractivity contribution is -0.119. The minimum absolute atomic E-state index is 0.0506. The van der Waals surface area contributed by atoms with Crippen molar-refractivity contribution in [2.45, 2.75) is 69.8 Å². The highest BCUT2D eigenvalue weighted by molar-refractivity contribution is 7.99. The number of aromatic nitrogens is 3. The van der Waals surface area contributed by atoms with E-state index in [-0.39, 0.29) is 12.5 Å². The molecule has 0 spiro atoms. The molecule has 30 heavy (non-hydrogen) atoms.